The van der Waals surface area contributed by atoms with E-state index in [0.29, 0.717) is 22.9 Å². The van der Waals surface area contributed by atoms with E-state index in [-0.39, 0.29) is 24.4 Å². The Bertz CT molecular complexity index is 1280. The Morgan fingerprint density at radius 1 is 1.15 bits per heavy atom. The van der Waals surface area contributed by atoms with Gasteiger partial charge >= 0.3 is 0 Å². The first-order chi connectivity index (χ1) is 16.1. The minimum atomic E-state index is -0.409. The maximum atomic E-state index is 12.0. The lowest BCUT2D eigenvalue weighted by molar-refractivity contribution is 0.0958. The van der Waals surface area contributed by atoms with E-state index in [1.54, 1.807) is 18.3 Å². The summed E-state index contributed by atoms with van der Waals surface area (Å²) < 4.78 is 5.21. The van der Waals surface area contributed by atoms with Gasteiger partial charge in [-0.25, -0.2) is 4.98 Å². The molecule has 1 aliphatic rings. The first-order valence-corrected chi connectivity index (χ1v) is 10.4. The number of nitrogens with zero attached hydrogens (tertiary/aromatic N) is 4. The van der Waals surface area contributed by atoms with Gasteiger partial charge in [-0.1, -0.05) is 35.5 Å². The number of nitrogens with one attached hydrogen (secondary N) is 3. The fourth-order valence-electron chi connectivity index (χ4n) is 3.77. The van der Waals surface area contributed by atoms with Gasteiger partial charge in [0, 0.05) is 17.4 Å². The van der Waals surface area contributed by atoms with Crippen molar-refractivity contribution in [3.63, 3.8) is 0 Å². The van der Waals surface area contributed by atoms with Gasteiger partial charge in [0.15, 0.2) is 6.33 Å². The van der Waals surface area contributed by atoms with E-state index in [4.69, 9.17) is 4.52 Å². The molecular formula is C23H21N7O3. The number of fused-ring (bicyclic) bond motifs is 1. The molecule has 2 aromatic heterocycles. The lowest BCUT2D eigenvalue weighted by atomic mass is 10.1. The topological polar surface area (TPSA) is 138 Å². The molecule has 1 unspecified atom stereocenters. The Morgan fingerprint density at radius 2 is 2.00 bits per heavy atom. The first kappa shape index (κ1) is 20.6. The van der Waals surface area contributed by atoms with Crippen LogP contribution < -0.4 is 16.0 Å². The van der Waals surface area contributed by atoms with Crippen LogP contribution in [-0.4, -0.2) is 37.7 Å². The Morgan fingerprint density at radius 3 is 2.76 bits per heavy atom. The Labute approximate surface area is 189 Å². The minimum Gasteiger partial charge on any atom is -0.394 e. The maximum Gasteiger partial charge on any atom is 0.262 e. The van der Waals surface area contributed by atoms with E-state index in [2.05, 4.69) is 36.1 Å². The highest BCUT2D eigenvalue weighted by atomic mass is 16.5. The van der Waals surface area contributed by atoms with E-state index in [9.17, 15) is 9.90 Å². The second-order valence-corrected chi connectivity index (χ2v) is 7.61. The molecule has 2 aromatic carbocycles. The van der Waals surface area contributed by atoms with Crippen LogP contribution in [0.4, 0.5) is 17.5 Å². The number of carbonyl (C=O) groups excluding carboxylic acids is 1. The number of aliphatic hydroxyl groups excluding tert-OH is 1. The first-order valence-electron chi connectivity index (χ1n) is 10.4. The van der Waals surface area contributed by atoms with Crippen molar-refractivity contribution in [2.24, 2.45) is 0 Å². The summed E-state index contributed by atoms with van der Waals surface area (Å²) in [7, 11) is 0. The summed E-state index contributed by atoms with van der Waals surface area (Å²) in [4.78, 5) is 25.1. The van der Waals surface area contributed by atoms with Gasteiger partial charge in [-0.15, -0.1) is 0 Å². The van der Waals surface area contributed by atoms with Crippen molar-refractivity contribution in [3.05, 3.63) is 77.7 Å². The number of aromatic nitrogens is 4. The summed E-state index contributed by atoms with van der Waals surface area (Å²) in [5, 5.41) is 23.0. The summed E-state index contributed by atoms with van der Waals surface area (Å²) in [6.45, 7) is 1.79. The maximum absolute atomic E-state index is 12.0. The van der Waals surface area contributed by atoms with Crippen molar-refractivity contribution in [2.75, 3.05) is 17.2 Å². The van der Waals surface area contributed by atoms with Crippen LogP contribution in [0.1, 0.15) is 40.5 Å². The van der Waals surface area contributed by atoms with E-state index < -0.39 is 6.04 Å². The molecule has 4 aromatic rings. The van der Waals surface area contributed by atoms with Crippen LogP contribution >= 0.6 is 0 Å². The van der Waals surface area contributed by atoms with Gasteiger partial charge in [0.25, 0.3) is 11.8 Å². The number of aliphatic hydroxyl groups is 1. The molecule has 166 valence electrons. The highest BCUT2D eigenvalue weighted by molar-refractivity contribution is 5.99. The molecule has 0 aliphatic carbocycles. The van der Waals surface area contributed by atoms with Gasteiger partial charge in [0.1, 0.15) is 11.4 Å². The predicted octanol–water partition coefficient (Wildman–Crippen LogP) is 3.22. The third-order valence-electron chi connectivity index (χ3n) is 5.44. The third kappa shape index (κ3) is 4.11. The molecule has 0 radical (unpaired) electrons. The lowest BCUT2D eigenvalue weighted by Crippen LogP contribution is -2.17. The van der Waals surface area contributed by atoms with E-state index in [0.717, 1.165) is 16.8 Å². The molecule has 0 saturated heterocycles. The predicted molar refractivity (Wildman–Crippen MR) is 121 cm³/mol. The number of carbonyl (C=O) groups is 1. The fourth-order valence-corrected chi connectivity index (χ4v) is 3.77. The number of rotatable bonds is 7. The highest BCUT2D eigenvalue weighted by Gasteiger charge is 2.25. The van der Waals surface area contributed by atoms with Crippen molar-refractivity contribution in [2.45, 2.75) is 19.0 Å². The molecule has 1 amide bonds. The number of anilines is 3. The smallest absolute Gasteiger partial charge is 0.262 e. The molecule has 0 bridgehead atoms. The van der Waals surface area contributed by atoms with Crippen molar-refractivity contribution < 1.29 is 14.4 Å². The summed E-state index contributed by atoms with van der Waals surface area (Å²) in [5.74, 6) is 0.929. The van der Waals surface area contributed by atoms with E-state index in [1.807, 2.05) is 43.3 Å². The van der Waals surface area contributed by atoms with Crippen LogP contribution in [0.5, 0.6) is 0 Å². The highest BCUT2D eigenvalue weighted by Crippen LogP contribution is 2.31. The summed E-state index contributed by atoms with van der Waals surface area (Å²) in [5.41, 5.74) is 3.72. The molecule has 3 heterocycles. The Kier molecular flexibility index (Phi) is 5.41. The van der Waals surface area contributed by atoms with Crippen molar-refractivity contribution in [3.8, 4) is 11.5 Å². The summed E-state index contributed by atoms with van der Waals surface area (Å²) in [6, 6.07) is 14.6. The molecular weight excluding hydrogens is 422 g/mol. The largest absolute Gasteiger partial charge is 0.394 e. The van der Waals surface area contributed by atoms with Gasteiger partial charge in [0.2, 0.25) is 5.95 Å². The summed E-state index contributed by atoms with van der Waals surface area (Å²) >= 11 is 0. The molecule has 10 nitrogen and oxygen atoms in total. The Hall–Kier alpha value is -4.31. The average molecular weight is 443 g/mol. The molecule has 5 rings (SSSR count). The average Bonchev–Trinajstić information content (AvgIpc) is 3.46. The van der Waals surface area contributed by atoms with Gasteiger partial charge in [0.05, 0.1) is 18.7 Å². The van der Waals surface area contributed by atoms with Crippen LogP contribution in [0.3, 0.4) is 0 Å². The molecule has 10 heteroatoms. The molecule has 1 aliphatic heterocycles. The van der Waals surface area contributed by atoms with Crippen molar-refractivity contribution in [1.82, 2.24) is 25.4 Å². The van der Waals surface area contributed by atoms with Crippen LogP contribution in [0.15, 0.2) is 65.6 Å². The number of hydrogen-bond donors (Lipinski definition) is 4. The molecule has 0 fully saturated rings. The van der Waals surface area contributed by atoms with Gasteiger partial charge in [-0.05, 0) is 36.2 Å². The van der Waals surface area contributed by atoms with E-state index in [1.165, 1.54) is 6.33 Å². The number of benzene rings is 2. The fraction of sp³-hybridized carbons (Fsp3) is 0.174. The van der Waals surface area contributed by atoms with Gasteiger partial charge in [-0.3, -0.25) is 4.79 Å². The molecule has 33 heavy (non-hydrogen) atoms. The second kappa shape index (κ2) is 8.67. The molecule has 2 atom stereocenters. The molecule has 4 N–H and O–H groups in total. The lowest BCUT2D eigenvalue weighted by Gasteiger charge is -2.19. The molecule has 0 saturated carbocycles. The minimum absolute atomic E-state index is 0.0662. The summed E-state index contributed by atoms with van der Waals surface area (Å²) in [6.07, 6.45) is 2.87. The zero-order valence-corrected chi connectivity index (χ0v) is 17.7. The standard InChI is InChI=1S/C23H21N7O3/c1-13-17-9-15(7-8-16(17)21(32)27-13)28-23-24-10-18(22-25-12-26-33-22)20(30-23)29-19(11-31)14-5-3-2-4-6-14/h2-10,12-13,19,31H,11H2,1H3,(H,27,32)(H2,24,28,29,30)/t13?,19-/m1/s1. The monoisotopic (exact) mass is 443 g/mol. The van der Waals surface area contributed by atoms with Crippen LogP contribution in [0.25, 0.3) is 11.5 Å². The Balaban J connectivity index is 1.47. The zero-order chi connectivity index (χ0) is 22.8. The second-order valence-electron chi connectivity index (χ2n) is 7.61. The molecule has 0 spiro atoms. The van der Waals surface area contributed by atoms with Gasteiger partial charge in [-0.2, -0.15) is 9.97 Å². The van der Waals surface area contributed by atoms with Gasteiger partial charge < -0.3 is 25.6 Å². The number of amides is 1. The third-order valence-corrected chi connectivity index (χ3v) is 5.44. The number of hydrogen-bond acceptors (Lipinski definition) is 9. The van der Waals surface area contributed by atoms with Crippen LogP contribution in [0.2, 0.25) is 0 Å². The normalized spacial score (nSPS) is 15.6. The van der Waals surface area contributed by atoms with Crippen molar-refractivity contribution >= 4 is 23.4 Å². The van der Waals surface area contributed by atoms with Crippen molar-refractivity contribution in [1.29, 1.82) is 0 Å². The van der Waals surface area contributed by atoms with E-state index >= 15 is 0 Å². The quantitative estimate of drug-likeness (QED) is 0.339. The van der Waals surface area contributed by atoms with Crippen LogP contribution in [-0.2, 0) is 0 Å². The zero-order valence-electron chi connectivity index (χ0n) is 17.7. The SMILES string of the molecule is CC1NC(=O)c2ccc(Nc3ncc(-c4ncno4)c(N[C@H](CO)c4ccccc4)n3)cc21. The van der Waals surface area contributed by atoms with Crippen LogP contribution in [0, 0.1) is 0 Å².